The van der Waals surface area contributed by atoms with E-state index in [4.69, 9.17) is 16.3 Å². The Morgan fingerprint density at radius 1 is 1.26 bits per heavy atom. The van der Waals surface area contributed by atoms with Crippen LogP contribution in [0.2, 0.25) is 5.15 Å². The van der Waals surface area contributed by atoms with Crippen LogP contribution in [0, 0.1) is 5.41 Å². The highest BCUT2D eigenvalue weighted by molar-refractivity contribution is 6.29. The molecule has 0 bridgehead atoms. The molecule has 0 aliphatic carbocycles. The zero-order valence-corrected chi connectivity index (χ0v) is 12.9. The van der Waals surface area contributed by atoms with Crippen molar-refractivity contribution in [3.05, 3.63) is 11.2 Å². The highest BCUT2D eigenvalue weighted by atomic mass is 35.5. The van der Waals surface area contributed by atoms with Gasteiger partial charge < -0.3 is 9.64 Å². The number of rotatable bonds is 3. The minimum Gasteiger partial charge on any atom is -0.461 e. The summed E-state index contributed by atoms with van der Waals surface area (Å²) >= 11 is 6.05. The minimum absolute atomic E-state index is 0.0478. The molecule has 5 heteroatoms. The van der Waals surface area contributed by atoms with Crippen molar-refractivity contribution in [2.24, 2.45) is 5.41 Å². The second kappa shape index (κ2) is 5.53. The first-order valence-electron chi connectivity index (χ1n) is 6.82. The average Bonchev–Trinajstić information content (AvgIpc) is 2.26. The molecule has 1 aliphatic heterocycles. The minimum atomic E-state index is 0.0478. The predicted molar refractivity (Wildman–Crippen MR) is 78.0 cm³/mol. The van der Waals surface area contributed by atoms with E-state index < -0.39 is 0 Å². The van der Waals surface area contributed by atoms with Crippen LogP contribution in [0.1, 0.15) is 40.5 Å². The van der Waals surface area contributed by atoms with Crippen molar-refractivity contribution in [3.8, 4) is 6.01 Å². The molecule has 1 saturated heterocycles. The summed E-state index contributed by atoms with van der Waals surface area (Å²) in [5, 5.41) is 0.436. The SMILES string of the molecule is CC(C)Oc1nc(Cl)cc(N2CCC(C)(C)CC2)n1. The Balaban J connectivity index is 2.14. The molecular weight excluding hydrogens is 262 g/mol. The van der Waals surface area contributed by atoms with Crippen LogP contribution < -0.4 is 9.64 Å². The topological polar surface area (TPSA) is 38.2 Å². The maximum Gasteiger partial charge on any atom is 0.320 e. The second-order valence-electron chi connectivity index (χ2n) is 6.15. The zero-order chi connectivity index (χ0) is 14.0. The first-order valence-corrected chi connectivity index (χ1v) is 7.20. The average molecular weight is 284 g/mol. The number of aromatic nitrogens is 2. The molecule has 1 aliphatic rings. The summed E-state index contributed by atoms with van der Waals surface area (Å²) in [6.45, 7) is 10.5. The Morgan fingerprint density at radius 2 is 1.89 bits per heavy atom. The number of nitrogens with zero attached hydrogens (tertiary/aromatic N) is 3. The summed E-state index contributed by atoms with van der Waals surface area (Å²) in [6.07, 6.45) is 2.37. The highest BCUT2D eigenvalue weighted by Gasteiger charge is 2.26. The fourth-order valence-corrected chi connectivity index (χ4v) is 2.32. The highest BCUT2D eigenvalue weighted by Crippen LogP contribution is 2.32. The fraction of sp³-hybridized carbons (Fsp3) is 0.714. The van der Waals surface area contributed by atoms with E-state index in [0.717, 1.165) is 31.7 Å². The quantitative estimate of drug-likeness (QED) is 0.795. The number of halogens is 1. The van der Waals surface area contributed by atoms with Crippen molar-refractivity contribution < 1.29 is 4.74 Å². The molecule has 19 heavy (non-hydrogen) atoms. The van der Waals surface area contributed by atoms with Gasteiger partial charge in [-0.05, 0) is 32.1 Å². The summed E-state index contributed by atoms with van der Waals surface area (Å²) in [7, 11) is 0. The lowest BCUT2D eigenvalue weighted by Crippen LogP contribution is -2.37. The maximum atomic E-state index is 6.05. The number of hydrogen-bond donors (Lipinski definition) is 0. The third-order valence-electron chi connectivity index (χ3n) is 3.44. The van der Waals surface area contributed by atoms with E-state index in [1.165, 1.54) is 0 Å². The predicted octanol–water partition coefficient (Wildman–Crippen LogP) is 3.54. The lowest BCUT2D eigenvalue weighted by atomic mass is 9.83. The summed E-state index contributed by atoms with van der Waals surface area (Å²) in [5.41, 5.74) is 0.421. The van der Waals surface area contributed by atoms with Gasteiger partial charge in [-0.3, -0.25) is 0 Å². The molecule has 0 spiro atoms. The van der Waals surface area contributed by atoms with Crippen LogP contribution in [0.4, 0.5) is 5.82 Å². The van der Waals surface area contributed by atoms with Crippen molar-refractivity contribution in [2.45, 2.75) is 46.6 Å². The van der Waals surface area contributed by atoms with Gasteiger partial charge >= 0.3 is 6.01 Å². The van der Waals surface area contributed by atoms with Gasteiger partial charge in [0.15, 0.2) is 0 Å². The molecule has 1 aromatic rings. The Hall–Kier alpha value is -1.03. The van der Waals surface area contributed by atoms with Gasteiger partial charge in [-0.2, -0.15) is 9.97 Å². The molecule has 2 heterocycles. The molecule has 2 rings (SSSR count). The van der Waals surface area contributed by atoms with Gasteiger partial charge in [0, 0.05) is 19.2 Å². The fourth-order valence-electron chi connectivity index (χ4n) is 2.15. The van der Waals surface area contributed by atoms with E-state index in [-0.39, 0.29) is 6.10 Å². The first-order chi connectivity index (χ1) is 8.85. The van der Waals surface area contributed by atoms with Gasteiger partial charge in [-0.1, -0.05) is 25.4 Å². The lowest BCUT2D eigenvalue weighted by molar-refractivity contribution is 0.222. The summed E-state index contributed by atoms with van der Waals surface area (Å²) in [4.78, 5) is 10.8. The largest absolute Gasteiger partial charge is 0.461 e. The van der Waals surface area contributed by atoms with E-state index in [1.54, 1.807) is 0 Å². The van der Waals surface area contributed by atoms with Crippen LogP contribution in [0.3, 0.4) is 0 Å². The van der Waals surface area contributed by atoms with Gasteiger partial charge in [0.1, 0.15) is 11.0 Å². The Kier molecular flexibility index (Phi) is 4.19. The molecule has 0 aromatic carbocycles. The summed E-state index contributed by atoms with van der Waals surface area (Å²) in [6, 6.07) is 2.18. The molecule has 0 radical (unpaired) electrons. The Bertz CT molecular complexity index is 438. The van der Waals surface area contributed by atoms with Gasteiger partial charge in [0.2, 0.25) is 0 Å². The summed E-state index contributed by atoms with van der Waals surface area (Å²) < 4.78 is 5.53. The van der Waals surface area contributed by atoms with Crippen LogP contribution in [-0.2, 0) is 0 Å². The molecule has 1 aromatic heterocycles. The van der Waals surface area contributed by atoms with Crippen LogP contribution in [0.25, 0.3) is 0 Å². The molecule has 4 nitrogen and oxygen atoms in total. The maximum absolute atomic E-state index is 6.05. The van der Waals surface area contributed by atoms with Crippen LogP contribution in [0.15, 0.2) is 6.07 Å². The van der Waals surface area contributed by atoms with Gasteiger partial charge in [0.25, 0.3) is 0 Å². The number of piperidine rings is 1. The van der Waals surface area contributed by atoms with E-state index in [2.05, 4.69) is 28.7 Å². The number of anilines is 1. The second-order valence-corrected chi connectivity index (χ2v) is 6.54. The monoisotopic (exact) mass is 283 g/mol. The van der Waals surface area contributed by atoms with E-state index in [1.807, 2.05) is 19.9 Å². The molecule has 0 amide bonds. The smallest absolute Gasteiger partial charge is 0.320 e. The van der Waals surface area contributed by atoms with Crippen LogP contribution in [0.5, 0.6) is 6.01 Å². The molecule has 0 saturated carbocycles. The molecule has 0 N–H and O–H groups in total. The van der Waals surface area contributed by atoms with E-state index >= 15 is 0 Å². The third kappa shape index (κ3) is 3.96. The molecule has 0 atom stereocenters. The van der Waals surface area contributed by atoms with E-state index in [9.17, 15) is 0 Å². The number of hydrogen-bond acceptors (Lipinski definition) is 4. The van der Waals surface area contributed by atoms with Gasteiger partial charge in [0.05, 0.1) is 6.10 Å². The van der Waals surface area contributed by atoms with Gasteiger partial charge in [-0.15, -0.1) is 0 Å². The first kappa shape index (κ1) is 14.4. The van der Waals surface area contributed by atoms with Crippen LogP contribution in [-0.4, -0.2) is 29.2 Å². The molecule has 1 fully saturated rings. The molecule has 0 unspecified atom stereocenters. The lowest BCUT2D eigenvalue weighted by Gasteiger charge is -2.37. The molecular formula is C14H22ClN3O. The zero-order valence-electron chi connectivity index (χ0n) is 12.1. The van der Waals surface area contributed by atoms with Crippen LogP contribution >= 0.6 is 11.6 Å². The molecule has 106 valence electrons. The van der Waals surface area contributed by atoms with Gasteiger partial charge in [-0.25, -0.2) is 0 Å². The third-order valence-corrected chi connectivity index (χ3v) is 3.64. The number of ether oxygens (including phenoxy) is 1. The standard InChI is InChI=1S/C14H22ClN3O/c1-10(2)19-13-16-11(15)9-12(17-13)18-7-5-14(3,4)6-8-18/h9-10H,5-8H2,1-4H3. The summed E-state index contributed by atoms with van der Waals surface area (Å²) in [5.74, 6) is 0.867. The van der Waals surface area contributed by atoms with Crippen molar-refractivity contribution in [2.75, 3.05) is 18.0 Å². The Morgan fingerprint density at radius 3 is 2.47 bits per heavy atom. The van der Waals surface area contributed by atoms with Crippen molar-refractivity contribution in [1.82, 2.24) is 9.97 Å². The Labute approximate surface area is 120 Å². The van der Waals surface area contributed by atoms with Crippen molar-refractivity contribution in [3.63, 3.8) is 0 Å². The normalized spacial score (nSPS) is 18.7. The van der Waals surface area contributed by atoms with E-state index in [0.29, 0.717) is 16.6 Å². The van der Waals surface area contributed by atoms with Crippen molar-refractivity contribution in [1.29, 1.82) is 0 Å². The van der Waals surface area contributed by atoms with Crippen molar-refractivity contribution >= 4 is 17.4 Å².